The Morgan fingerprint density at radius 1 is 1.16 bits per heavy atom. The number of hydrogen-bond donors (Lipinski definition) is 1. The molecule has 0 bridgehead atoms. The number of amides is 1. The number of carbonyl (C=O) groups is 1. The monoisotopic (exact) mass is 456 g/mol. The van der Waals surface area contributed by atoms with Gasteiger partial charge in [-0.1, -0.05) is 34.4 Å². The quantitative estimate of drug-likeness (QED) is 0.335. The number of aromatic nitrogens is 1. The SMILES string of the molecule is COc1cc2occ(-c3ccc(Cl)cc3Cl)c2cc1/C(C)=C/C(=O)Nc1cc(C)on1. The molecule has 0 atom stereocenters. The van der Waals surface area contributed by atoms with E-state index in [4.69, 9.17) is 36.9 Å². The molecular formula is C23H18Cl2N2O4. The standard InChI is InChI=1S/C23H18Cl2N2O4/c1-12(6-23(28)26-22-7-13(2)31-27-22)16-9-17-18(11-30-21(17)10-20(16)29-3)15-5-4-14(24)8-19(15)25/h4-11H,1-3H3,(H,26,27,28)/b12-6+. The fourth-order valence-electron chi connectivity index (χ4n) is 3.31. The van der Waals surface area contributed by atoms with Gasteiger partial charge in [0.2, 0.25) is 5.91 Å². The molecule has 0 aliphatic rings. The molecule has 6 nitrogen and oxygen atoms in total. The molecule has 8 heteroatoms. The summed E-state index contributed by atoms with van der Waals surface area (Å²) in [5.41, 5.74) is 3.69. The molecule has 4 aromatic rings. The summed E-state index contributed by atoms with van der Waals surface area (Å²) in [5.74, 6) is 1.20. The van der Waals surface area contributed by atoms with E-state index >= 15 is 0 Å². The third-order valence-electron chi connectivity index (χ3n) is 4.77. The van der Waals surface area contributed by atoms with E-state index in [9.17, 15) is 4.79 Å². The summed E-state index contributed by atoms with van der Waals surface area (Å²) in [6, 6.07) is 10.6. The molecule has 4 rings (SSSR count). The molecule has 0 saturated heterocycles. The number of halogens is 2. The molecule has 1 N–H and O–H groups in total. The second kappa shape index (κ2) is 8.49. The number of allylic oxidation sites excluding steroid dienone is 1. The van der Waals surface area contributed by atoms with Crippen molar-refractivity contribution in [3.05, 3.63) is 70.1 Å². The highest BCUT2D eigenvalue weighted by molar-refractivity contribution is 6.36. The first-order valence-corrected chi connectivity index (χ1v) is 10.1. The van der Waals surface area contributed by atoms with Crippen molar-refractivity contribution in [2.45, 2.75) is 13.8 Å². The van der Waals surface area contributed by atoms with Crippen LogP contribution in [0.2, 0.25) is 10.0 Å². The van der Waals surface area contributed by atoms with Gasteiger partial charge in [0.25, 0.3) is 0 Å². The van der Waals surface area contributed by atoms with Crippen LogP contribution in [0.15, 0.2) is 57.7 Å². The Kier molecular flexibility index (Phi) is 5.76. The number of hydrogen-bond acceptors (Lipinski definition) is 5. The molecule has 0 radical (unpaired) electrons. The van der Waals surface area contributed by atoms with Crippen molar-refractivity contribution in [1.82, 2.24) is 5.16 Å². The minimum Gasteiger partial charge on any atom is -0.496 e. The Morgan fingerprint density at radius 3 is 2.65 bits per heavy atom. The number of benzene rings is 2. The number of ether oxygens (including phenoxy) is 1. The van der Waals surface area contributed by atoms with Gasteiger partial charge in [-0.05, 0) is 37.6 Å². The van der Waals surface area contributed by atoms with Crippen molar-refractivity contribution >= 4 is 51.5 Å². The summed E-state index contributed by atoms with van der Waals surface area (Å²) >= 11 is 12.4. The van der Waals surface area contributed by atoms with Gasteiger partial charge in [-0.2, -0.15) is 0 Å². The van der Waals surface area contributed by atoms with Gasteiger partial charge in [-0.25, -0.2) is 0 Å². The van der Waals surface area contributed by atoms with Gasteiger partial charge in [0.05, 0.1) is 18.4 Å². The number of fused-ring (bicyclic) bond motifs is 1. The van der Waals surface area contributed by atoms with Crippen LogP contribution in [0.4, 0.5) is 5.82 Å². The second-order valence-electron chi connectivity index (χ2n) is 6.96. The Bertz CT molecular complexity index is 1320. The summed E-state index contributed by atoms with van der Waals surface area (Å²) in [6.07, 6.45) is 3.12. The normalized spacial score (nSPS) is 11.7. The predicted molar refractivity (Wildman–Crippen MR) is 122 cm³/mol. The summed E-state index contributed by atoms with van der Waals surface area (Å²) in [4.78, 5) is 12.4. The molecule has 158 valence electrons. The fourth-order valence-corrected chi connectivity index (χ4v) is 3.82. The Labute approximate surface area is 188 Å². The molecular weight excluding hydrogens is 439 g/mol. The van der Waals surface area contributed by atoms with E-state index in [-0.39, 0.29) is 5.91 Å². The van der Waals surface area contributed by atoms with Gasteiger partial charge in [-0.3, -0.25) is 4.79 Å². The van der Waals surface area contributed by atoms with Gasteiger partial charge in [-0.15, -0.1) is 0 Å². The van der Waals surface area contributed by atoms with E-state index in [1.807, 2.05) is 19.1 Å². The molecule has 0 spiro atoms. The van der Waals surface area contributed by atoms with Crippen molar-refractivity contribution in [1.29, 1.82) is 0 Å². The van der Waals surface area contributed by atoms with Gasteiger partial charge in [0.1, 0.15) is 17.1 Å². The van der Waals surface area contributed by atoms with Crippen LogP contribution in [-0.2, 0) is 4.79 Å². The molecule has 31 heavy (non-hydrogen) atoms. The lowest BCUT2D eigenvalue weighted by molar-refractivity contribution is -0.111. The van der Waals surface area contributed by atoms with Gasteiger partial charge < -0.3 is 19.0 Å². The number of aryl methyl sites for hydroxylation is 1. The molecule has 0 aliphatic heterocycles. The lowest BCUT2D eigenvalue weighted by atomic mass is 9.99. The van der Waals surface area contributed by atoms with Crippen LogP contribution in [0.3, 0.4) is 0 Å². The molecule has 0 fully saturated rings. The number of methoxy groups -OCH3 is 1. The maximum absolute atomic E-state index is 12.4. The minimum absolute atomic E-state index is 0.332. The lowest BCUT2D eigenvalue weighted by Gasteiger charge is -2.10. The molecule has 2 heterocycles. The first kappa shape index (κ1) is 21.0. The number of rotatable bonds is 5. The van der Waals surface area contributed by atoms with Crippen molar-refractivity contribution in [3.63, 3.8) is 0 Å². The zero-order chi connectivity index (χ0) is 22.1. The van der Waals surface area contributed by atoms with Gasteiger partial charge >= 0.3 is 0 Å². The Hall–Kier alpha value is -3.22. The van der Waals surface area contributed by atoms with E-state index in [1.165, 1.54) is 6.08 Å². The predicted octanol–water partition coefficient (Wildman–Crippen LogP) is 6.75. The first-order valence-electron chi connectivity index (χ1n) is 9.33. The molecule has 0 unspecified atom stereocenters. The zero-order valence-electron chi connectivity index (χ0n) is 17.0. The van der Waals surface area contributed by atoms with Crippen LogP contribution in [0, 0.1) is 6.92 Å². The molecule has 1 amide bonds. The molecule has 2 aromatic heterocycles. The van der Waals surface area contributed by atoms with Gasteiger partial charge in [0.15, 0.2) is 5.82 Å². The van der Waals surface area contributed by atoms with Crippen molar-refractivity contribution in [2.75, 3.05) is 12.4 Å². The largest absolute Gasteiger partial charge is 0.496 e. The number of anilines is 1. The topological polar surface area (TPSA) is 77.5 Å². The maximum atomic E-state index is 12.4. The van der Waals surface area contributed by atoms with E-state index in [2.05, 4.69) is 10.5 Å². The van der Waals surface area contributed by atoms with Crippen molar-refractivity contribution < 1.29 is 18.5 Å². The van der Waals surface area contributed by atoms with Crippen molar-refractivity contribution in [2.24, 2.45) is 0 Å². The number of carbonyl (C=O) groups excluding carboxylic acids is 1. The molecule has 0 aliphatic carbocycles. The summed E-state index contributed by atoms with van der Waals surface area (Å²) in [6.45, 7) is 3.58. The number of nitrogens with zero attached hydrogens (tertiary/aromatic N) is 1. The van der Waals surface area contributed by atoms with E-state index in [0.717, 1.165) is 22.1 Å². The Balaban J connectivity index is 1.75. The van der Waals surface area contributed by atoms with E-state index in [1.54, 1.807) is 44.6 Å². The zero-order valence-corrected chi connectivity index (χ0v) is 18.5. The van der Waals surface area contributed by atoms with Crippen LogP contribution >= 0.6 is 23.2 Å². The molecule has 0 saturated carbocycles. The second-order valence-corrected chi connectivity index (χ2v) is 7.81. The van der Waals surface area contributed by atoms with E-state index in [0.29, 0.717) is 38.5 Å². The Morgan fingerprint density at radius 2 is 1.97 bits per heavy atom. The third kappa shape index (κ3) is 4.31. The van der Waals surface area contributed by atoms with Crippen LogP contribution in [-0.4, -0.2) is 18.2 Å². The van der Waals surface area contributed by atoms with Crippen LogP contribution in [0.25, 0.3) is 27.7 Å². The van der Waals surface area contributed by atoms with Crippen LogP contribution in [0.1, 0.15) is 18.2 Å². The minimum atomic E-state index is -0.332. The van der Waals surface area contributed by atoms with Crippen molar-refractivity contribution in [3.8, 4) is 16.9 Å². The smallest absolute Gasteiger partial charge is 0.249 e. The number of furan rings is 1. The number of nitrogens with one attached hydrogen (secondary N) is 1. The van der Waals surface area contributed by atoms with Crippen LogP contribution in [0.5, 0.6) is 5.75 Å². The highest BCUT2D eigenvalue weighted by atomic mass is 35.5. The average molecular weight is 457 g/mol. The average Bonchev–Trinajstić information content (AvgIpc) is 3.32. The summed E-state index contributed by atoms with van der Waals surface area (Å²) in [5, 5.41) is 8.34. The third-order valence-corrected chi connectivity index (χ3v) is 5.32. The lowest BCUT2D eigenvalue weighted by Crippen LogP contribution is -2.08. The fraction of sp³-hybridized carbons (Fsp3) is 0.130. The highest BCUT2D eigenvalue weighted by Crippen LogP contribution is 2.40. The maximum Gasteiger partial charge on any atom is 0.249 e. The molecule has 2 aromatic carbocycles. The van der Waals surface area contributed by atoms with Crippen LogP contribution < -0.4 is 10.1 Å². The van der Waals surface area contributed by atoms with E-state index < -0.39 is 0 Å². The summed E-state index contributed by atoms with van der Waals surface area (Å²) in [7, 11) is 1.57. The highest BCUT2D eigenvalue weighted by Gasteiger charge is 2.17. The summed E-state index contributed by atoms with van der Waals surface area (Å²) < 4.78 is 16.2. The first-order chi connectivity index (χ1) is 14.9. The van der Waals surface area contributed by atoms with Gasteiger partial charge in [0, 0.05) is 45.3 Å².